The van der Waals surface area contributed by atoms with Crippen LogP contribution in [0.1, 0.15) is 0 Å². The van der Waals surface area contributed by atoms with Crippen molar-refractivity contribution in [1.29, 1.82) is 0 Å². The SMILES string of the molecule is C=CC1(C=C)C[Si](C=C)(C=C)OC(C=C)(C=C)C1(C=C)C=C. The maximum Gasteiger partial charge on any atom is 0.243 e. The summed E-state index contributed by atoms with van der Waals surface area (Å²) in [7, 11) is -2.46. The van der Waals surface area contributed by atoms with Gasteiger partial charge < -0.3 is 4.43 Å². The Morgan fingerprint density at radius 2 is 1.14 bits per heavy atom. The molecule has 116 valence electrons. The lowest BCUT2D eigenvalue weighted by molar-refractivity contribution is 0.00224. The van der Waals surface area contributed by atoms with E-state index in [4.69, 9.17) is 4.43 Å². The normalized spacial score (nSPS) is 23.3. The first-order chi connectivity index (χ1) is 10.4. The van der Waals surface area contributed by atoms with Gasteiger partial charge in [0.05, 0.1) is 5.41 Å². The van der Waals surface area contributed by atoms with Crippen molar-refractivity contribution in [1.82, 2.24) is 0 Å². The lowest BCUT2D eigenvalue weighted by Gasteiger charge is -2.61. The zero-order valence-electron chi connectivity index (χ0n) is 13.4. The molecule has 0 aromatic rings. The molecule has 2 heteroatoms. The molecule has 0 saturated carbocycles. The minimum atomic E-state index is -2.46. The third-order valence-electron chi connectivity index (χ3n) is 5.01. The second-order valence-electron chi connectivity index (χ2n) is 5.57. The van der Waals surface area contributed by atoms with Gasteiger partial charge in [0.2, 0.25) is 8.32 Å². The van der Waals surface area contributed by atoms with Gasteiger partial charge in [-0.3, -0.25) is 0 Å². The molecule has 1 heterocycles. The molecule has 0 unspecified atom stereocenters. The molecule has 0 aromatic carbocycles. The molecule has 0 spiro atoms. The molecular weight excluding hydrogens is 284 g/mol. The fourth-order valence-electron chi connectivity index (χ4n) is 3.57. The summed E-state index contributed by atoms with van der Waals surface area (Å²) >= 11 is 0. The van der Waals surface area contributed by atoms with Crippen LogP contribution in [0.25, 0.3) is 0 Å². The molecular formula is C20H26OSi. The van der Waals surface area contributed by atoms with E-state index in [2.05, 4.69) is 52.6 Å². The third kappa shape index (κ3) is 1.95. The molecule has 1 fully saturated rings. The Hall–Kier alpha value is -1.90. The van der Waals surface area contributed by atoms with E-state index < -0.39 is 24.7 Å². The van der Waals surface area contributed by atoms with E-state index in [-0.39, 0.29) is 0 Å². The van der Waals surface area contributed by atoms with Crippen molar-refractivity contribution in [3.05, 3.63) is 100 Å². The van der Waals surface area contributed by atoms with E-state index in [0.29, 0.717) is 6.04 Å². The van der Waals surface area contributed by atoms with Gasteiger partial charge in [-0.05, 0) is 6.04 Å². The molecule has 0 aliphatic carbocycles. The molecule has 0 bridgehead atoms. The van der Waals surface area contributed by atoms with Gasteiger partial charge in [0, 0.05) is 5.41 Å². The third-order valence-corrected chi connectivity index (χ3v) is 8.25. The summed E-state index contributed by atoms with van der Waals surface area (Å²) < 4.78 is 6.54. The van der Waals surface area contributed by atoms with E-state index in [1.807, 2.05) is 35.7 Å². The van der Waals surface area contributed by atoms with Crippen LogP contribution in [0.5, 0.6) is 0 Å². The zero-order chi connectivity index (χ0) is 17.1. The van der Waals surface area contributed by atoms with Crippen LogP contribution >= 0.6 is 0 Å². The summed E-state index contributed by atoms with van der Waals surface area (Å²) in [5.41, 5.74) is 1.67. The van der Waals surface area contributed by atoms with E-state index in [0.717, 1.165) is 0 Å². The lowest BCUT2D eigenvalue weighted by atomic mass is 9.55. The summed E-state index contributed by atoms with van der Waals surface area (Å²) in [5, 5.41) is 0. The smallest absolute Gasteiger partial charge is 0.243 e. The summed E-state index contributed by atoms with van der Waals surface area (Å²) in [6.07, 6.45) is 10.9. The van der Waals surface area contributed by atoms with Crippen LogP contribution < -0.4 is 0 Å². The number of rotatable bonds is 8. The Balaban J connectivity index is 3.93. The molecule has 1 aliphatic rings. The molecule has 0 atom stereocenters. The molecule has 22 heavy (non-hydrogen) atoms. The molecule has 0 aromatic heterocycles. The Kier molecular flexibility index (Phi) is 5.01. The van der Waals surface area contributed by atoms with Gasteiger partial charge >= 0.3 is 0 Å². The Morgan fingerprint density at radius 1 is 0.682 bits per heavy atom. The van der Waals surface area contributed by atoms with E-state index in [1.54, 1.807) is 12.2 Å². The average Bonchev–Trinajstić information content (AvgIpc) is 2.60. The molecule has 0 radical (unpaired) electrons. The highest BCUT2D eigenvalue weighted by molar-refractivity contribution is 6.83. The van der Waals surface area contributed by atoms with Gasteiger partial charge in [-0.15, -0.1) is 39.5 Å². The van der Waals surface area contributed by atoms with E-state index in [1.165, 1.54) is 0 Å². The summed E-state index contributed by atoms with van der Waals surface area (Å²) in [5.74, 6) is 0. The first kappa shape index (κ1) is 18.1. The van der Waals surface area contributed by atoms with Gasteiger partial charge in [0.1, 0.15) is 5.60 Å². The van der Waals surface area contributed by atoms with Crippen molar-refractivity contribution in [2.24, 2.45) is 10.8 Å². The van der Waals surface area contributed by atoms with E-state index >= 15 is 0 Å². The highest BCUT2D eigenvalue weighted by Gasteiger charge is 2.64. The Labute approximate surface area is 136 Å². The maximum atomic E-state index is 6.54. The monoisotopic (exact) mass is 310 g/mol. The second-order valence-corrected chi connectivity index (χ2v) is 8.85. The van der Waals surface area contributed by atoms with Crippen LogP contribution in [-0.2, 0) is 4.43 Å². The predicted molar refractivity (Wildman–Crippen MR) is 101 cm³/mol. The number of hydrogen-bond donors (Lipinski definition) is 0. The molecule has 0 N–H and O–H groups in total. The predicted octanol–water partition coefficient (Wildman–Crippen LogP) is 5.24. The van der Waals surface area contributed by atoms with Crippen LogP contribution in [0, 0.1) is 10.8 Å². The van der Waals surface area contributed by atoms with Crippen molar-refractivity contribution in [2.45, 2.75) is 11.6 Å². The van der Waals surface area contributed by atoms with Crippen molar-refractivity contribution < 1.29 is 4.43 Å². The Morgan fingerprint density at radius 3 is 1.41 bits per heavy atom. The summed E-state index contributed by atoms with van der Waals surface area (Å²) in [4.78, 5) is 0. The van der Waals surface area contributed by atoms with E-state index in [9.17, 15) is 0 Å². The highest BCUT2D eigenvalue weighted by atomic mass is 28.4. The largest absolute Gasteiger partial charge is 0.396 e. The molecule has 1 nitrogen and oxygen atoms in total. The van der Waals surface area contributed by atoms with Crippen LogP contribution in [-0.4, -0.2) is 13.9 Å². The standard InChI is InChI=1S/C20H26OSi/c1-9-18(10-2)17-22(15-7,16-8)21-20(13-5,14-6)19(18,11-3)12-4/h9-16H,1-8,17H2. The number of hydrogen-bond acceptors (Lipinski definition) is 1. The molecule has 1 rings (SSSR count). The zero-order valence-corrected chi connectivity index (χ0v) is 14.4. The fraction of sp³-hybridized carbons (Fsp3) is 0.200. The topological polar surface area (TPSA) is 9.23 Å². The van der Waals surface area contributed by atoms with Crippen LogP contribution in [0.2, 0.25) is 6.04 Å². The lowest BCUT2D eigenvalue weighted by Crippen LogP contribution is -2.65. The molecule has 0 amide bonds. The van der Waals surface area contributed by atoms with Crippen molar-refractivity contribution in [3.63, 3.8) is 0 Å². The number of allylic oxidation sites excluding steroid dienone is 2. The van der Waals surface area contributed by atoms with Gasteiger partial charge in [0.15, 0.2) is 0 Å². The van der Waals surface area contributed by atoms with Crippen molar-refractivity contribution in [2.75, 3.05) is 0 Å². The van der Waals surface area contributed by atoms with Crippen LogP contribution in [0.15, 0.2) is 100 Å². The first-order valence-electron chi connectivity index (χ1n) is 7.19. The highest BCUT2D eigenvalue weighted by Crippen LogP contribution is 2.62. The fourth-order valence-corrected chi connectivity index (χ4v) is 6.72. The van der Waals surface area contributed by atoms with Crippen molar-refractivity contribution >= 4 is 8.32 Å². The van der Waals surface area contributed by atoms with Gasteiger partial charge in [-0.2, -0.15) is 0 Å². The molecule has 1 aliphatic heterocycles. The minimum absolute atomic E-state index is 0.508. The first-order valence-corrected chi connectivity index (χ1v) is 9.46. The summed E-state index contributed by atoms with van der Waals surface area (Å²) in [6.45, 7) is 32.1. The van der Waals surface area contributed by atoms with Gasteiger partial charge in [-0.25, -0.2) is 0 Å². The van der Waals surface area contributed by atoms with Gasteiger partial charge in [0.25, 0.3) is 0 Å². The average molecular weight is 311 g/mol. The summed E-state index contributed by atoms with van der Waals surface area (Å²) in [6, 6.07) is 0.682. The van der Waals surface area contributed by atoms with Crippen molar-refractivity contribution in [3.8, 4) is 0 Å². The second kappa shape index (κ2) is 6.07. The van der Waals surface area contributed by atoms with Crippen LogP contribution in [0.3, 0.4) is 0 Å². The quantitative estimate of drug-likeness (QED) is 0.440. The Bertz CT molecular complexity index is 486. The van der Waals surface area contributed by atoms with Gasteiger partial charge in [-0.1, -0.05) is 61.0 Å². The minimum Gasteiger partial charge on any atom is -0.396 e. The van der Waals surface area contributed by atoms with Crippen LogP contribution in [0.4, 0.5) is 0 Å². The molecule has 1 saturated heterocycles. The maximum absolute atomic E-state index is 6.54.